The molecule has 1 aliphatic heterocycles. The summed E-state index contributed by atoms with van der Waals surface area (Å²) in [5.41, 5.74) is 3.60. The fourth-order valence-corrected chi connectivity index (χ4v) is 3.48. The minimum absolute atomic E-state index is 0.154. The molecule has 2 aromatic rings. The molecule has 2 heterocycles. The van der Waals surface area contributed by atoms with Crippen LogP contribution in [0.15, 0.2) is 42.6 Å². The number of nitrogens with one attached hydrogen (secondary N) is 1. The van der Waals surface area contributed by atoms with E-state index in [0.29, 0.717) is 11.4 Å². The predicted molar refractivity (Wildman–Crippen MR) is 97.3 cm³/mol. The molecule has 1 amide bonds. The Labute approximate surface area is 148 Å². The van der Waals surface area contributed by atoms with Gasteiger partial charge in [0.25, 0.3) is 0 Å². The minimum Gasteiger partial charge on any atom is -0.353 e. The van der Waals surface area contributed by atoms with Gasteiger partial charge in [-0.05, 0) is 42.5 Å². The summed E-state index contributed by atoms with van der Waals surface area (Å²) in [4.78, 5) is 16.1. The number of benzene rings is 1. The Bertz CT molecular complexity index is 682. The van der Waals surface area contributed by atoms with Crippen molar-refractivity contribution in [2.24, 2.45) is 0 Å². The van der Waals surface area contributed by atoms with Crippen LogP contribution in [0, 0.1) is 0 Å². The van der Waals surface area contributed by atoms with Crippen LogP contribution in [0.25, 0.3) is 0 Å². The smallest absolute Gasteiger partial charge is 0.220 e. The van der Waals surface area contributed by atoms with Gasteiger partial charge in [-0.1, -0.05) is 49.2 Å². The summed E-state index contributed by atoms with van der Waals surface area (Å²) in [6, 6.07) is 12.9. The zero-order valence-electron chi connectivity index (χ0n) is 14.0. The first kappa shape index (κ1) is 17.0. The highest BCUT2D eigenvalue weighted by atomic mass is 35.5. The third-order valence-electron chi connectivity index (χ3n) is 4.63. The Morgan fingerprint density at radius 2 is 2.04 bits per heavy atom. The number of halogens is 1. The monoisotopic (exact) mass is 342 g/mol. The first-order valence-electron chi connectivity index (χ1n) is 8.65. The van der Waals surface area contributed by atoms with E-state index in [2.05, 4.69) is 41.5 Å². The Morgan fingerprint density at radius 1 is 1.25 bits per heavy atom. The number of amides is 1. The first-order valence-corrected chi connectivity index (χ1v) is 9.03. The molecule has 3 rings (SSSR count). The van der Waals surface area contributed by atoms with E-state index in [1.165, 1.54) is 11.1 Å². The topological polar surface area (TPSA) is 42.0 Å². The van der Waals surface area contributed by atoms with Crippen LogP contribution in [-0.2, 0) is 11.2 Å². The fourth-order valence-electron chi connectivity index (χ4n) is 3.36. The molecule has 0 radical (unpaired) electrons. The molecule has 1 N–H and O–H groups in total. The van der Waals surface area contributed by atoms with Gasteiger partial charge >= 0.3 is 0 Å². The molecular weight excluding hydrogens is 320 g/mol. The van der Waals surface area contributed by atoms with Gasteiger partial charge in [-0.25, -0.2) is 0 Å². The quantitative estimate of drug-likeness (QED) is 0.840. The van der Waals surface area contributed by atoms with Crippen molar-refractivity contribution >= 4 is 17.5 Å². The number of rotatable bonds is 6. The van der Waals surface area contributed by atoms with Crippen LogP contribution < -0.4 is 5.32 Å². The molecule has 1 saturated heterocycles. The van der Waals surface area contributed by atoms with Crippen LogP contribution in [-0.4, -0.2) is 16.9 Å². The number of hydrogen-bond donors (Lipinski definition) is 1. The summed E-state index contributed by atoms with van der Waals surface area (Å²) in [7, 11) is 0. The molecule has 0 aliphatic carbocycles. The molecule has 1 aromatic heterocycles. The number of nitrogens with zero attached hydrogens (tertiary/aromatic N) is 1. The van der Waals surface area contributed by atoms with E-state index in [1.807, 2.05) is 12.1 Å². The van der Waals surface area contributed by atoms with Crippen LogP contribution in [0.2, 0.25) is 5.02 Å². The molecule has 1 aromatic carbocycles. The second kappa shape index (κ2) is 7.80. The molecule has 3 nitrogen and oxygen atoms in total. The van der Waals surface area contributed by atoms with Crippen LogP contribution in [0.3, 0.4) is 0 Å². The van der Waals surface area contributed by atoms with Crippen LogP contribution in [0.1, 0.15) is 55.3 Å². The molecule has 0 spiro atoms. The van der Waals surface area contributed by atoms with Gasteiger partial charge in [0, 0.05) is 30.3 Å². The lowest BCUT2D eigenvalue weighted by Crippen LogP contribution is -2.27. The molecule has 126 valence electrons. The molecule has 0 saturated carbocycles. The van der Waals surface area contributed by atoms with Crippen molar-refractivity contribution in [1.82, 2.24) is 10.3 Å². The van der Waals surface area contributed by atoms with Gasteiger partial charge in [0.1, 0.15) is 0 Å². The molecule has 24 heavy (non-hydrogen) atoms. The maximum absolute atomic E-state index is 11.5. The number of pyridine rings is 1. The maximum atomic E-state index is 11.5. The standard InChI is InChI=1S/C20H23ClN2O/c1-2-3-14-4-6-15(7-5-14)18(12-17-9-11-20(24)23-17)19-10-8-16(21)13-22-19/h4-8,10,13,17-18H,2-3,9,11-12H2,1H3,(H,23,24)/t17-,18?/m1/s1. The average molecular weight is 343 g/mol. The maximum Gasteiger partial charge on any atom is 0.220 e. The number of hydrogen-bond acceptors (Lipinski definition) is 2. The van der Waals surface area contributed by atoms with Gasteiger partial charge < -0.3 is 5.32 Å². The number of aryl methyl sites for hydroxylation is 1. The molecule has 2 atom stereocenters. The second-order valence-corrected chi connectivity index (χ2v) is 6.92. The lowest BCUT2D eigenvalue weighted by Gasteiger charge is -2.21. The van der Waals surface area contributed by atoms with Gasteiger partial charge in [0.05, 0.1) is 5.02 Å². The zero-order valence-corrected chi connectivity index (χ0v) is 14.7. The summed E-state index contributed by atoms with van der Waals surface area (Å²) >= 11 is 5.99. The van der Waals surface area contributed by atoms with Gasteiger partial charge in [-0.2, -0.15) is 0 Å². The van der Waals surface area contributed by atoms with Gasteiger partial charge in [-0.15, -0.1) is 0 Å². The van der Waals surface area contributed by atoms with Crippen molar-refractivity contribution in [3.05, 3.63) is 64.4 Å². The van der Waals surface area contributed by atoms with E-state index in [9.17, 15) is 4.79 Å². The second-order valence-electron chi connectivity index (χ2n) is 6.48. The average Bonchev–Trinajstić information content (AvgIpc) is 3.00. The lowest BCUT2D eigenvalue weighted by atomic mass is 9.87. The molecule has 1 fully saturated rings. The number of carbonyl (C=O) groups excluding carboxylic acids is 1. The lowest BCUT2D eigenvalue weighted by molar-refractivity contribution is -0.119. The highest BCUT2D eigenvalue weighted by Crippen LogP contribution is 2.31. The SMILES string of the molecule is CCCc1ccc(C(C[C@H]2CCC(=O)N2)c2ccc(Cl)cn2)cc1. The molecule has 4 heteroatoms. The highest BCUT2D eigenvalue weighted by molar-refractivity contribution is 6.30. The Hall–Kier alpha value is -1.87. The van der Waals surface area contributed by atoms with Crippen LogP contribution in [0.4, 0.5) is 0 Å². The summed E-state index contributed by atoms with van der Waals surface area (Å²) in [5.74, 6) is 0.322. The van der Waals surface area contributed by atoms with E-state index < -0.39 is 0 Å². The number of carbonyl (C=O) groups is 1. The molecule has 1 unspecified atom stereocenters. The fraction of sp³-hybridized carbons (Fsp3) is 0.400. The van der Waals surface area contributed by atoms with Crippen molar-refractivity contribution in [3.8, 4) is 0 Å². The first-order chi connectivity index (χ1) is 11.7. The minimum atomic E-state index is 0.154. The van der Waals surface area contributed by atoms with Crippen molar-refractivity contribution in [3.63, 3.8) is 0 Å². The summed E-state index contributed by atoms with van der Waals surface area (Å²) in [6.45, 7) is 2.19. The normalized spacial score (nSPS) is 18.4. The van der Waals surface area contributed by atoms with Gasteiger partial charge in [0.2, 0.25) is 5.91 Å². The van der Waals surface area contributed by atoms with E-state index >= 15 is 0 Å². The zero-order chi connectivity index (χ0) is 16.9. The molecular formula is C20H23ClN2O. The third-order valence-corrected chi connectivity index (χ3v) is 4.86. The van der Waals surface area contributed by atoms with Crippen molar-refractivity contribution in [2.45, 2.75) is 51.0 Å². The summed E-state index contributed by atoms with van der Waals surface area (Å²) in [5, 5.41) is 3.72. The summed E-state index contributed by atoms with van der Waals surface area (Å²) in [6.07, 6.45) is 6.34. The predicted octanol–water partition coefficient (Wildman–Crippen LogP) is 4.49. The van der Waals surface area contributed by atoms with Crippen LogP contribution in [0.5, 0.6) is 0 Å². The largest absolute Gasteiger partial charge is 0.353 e. The van der Waals surface area contributed by atoms with E-state index in [0.717, 1.165) is 31.4 Å². The Morgan fingerprint density at radius 3 is 2.62 bits per heavy atom. The molecule has 1 aliphatic rings. The van der Waals surface area contributed by atoms with E-state index in [4.69, 9.17) is 11.6 Å². The molecule has 0 bridgehead atoms. The van der Waals surface area contributed by atoms with Crippen LogP contribution >= 0.6 is 11.6 Å². The van der Waals surface area contributed by atoms with E-state index in [-0.39, 0.29) is 17.9 Å². The van der Waals surface area contributed by atoms with Crippen molar-refractivity contribution in [2.75, 3.05) is 0 Å². The van der Waals surface area contributed by atoms with Crippen molar-refractivity contribution in [1.29, 1.82) is 0 Å². The Balaban J connectivity index is 1.85. The van der Waals surface area contributed by atoms with E-state index in [1.54, 1.807) is 6.20 Å². The highest BCUT2D eigenvalue weighted by Gasteiger charge is 2.26. The third kappa shape index (κ3) is 4.15. The van der Waals surface area contributed by atoms with Gasteiger partial charge in [0.15, 0.2) is 0 Å². The van der Waals surface area contributed by atoms with Crippen molar-refractivity contribution < 1.29 is 4.79 Å². The Kier molecular flexibility index (Phi) is 5.52. The number of aromatic nitrogens is 1. The van der Waals surface area contributed by atoms with Gasteiger partial charge in [-0.3, -0.25) is 9.78 Å². The summed E-state index contributed by atoms with van der Waals surface area (Å²) < 4.78 is 0.